The van der Waals surface area contributed by atoms with Gasteiger partial charge in [0.05, 0.1) is 41.5 Å². The number of ether oxygens (including phenoxy) is 2. The average molecular weight is 499 g/mol. The van der Waals surface area contributed by atoms with Gasteiger partial charge < -0.3 is 19.3 Å². The lowest BCUT2D eigenvalue weighted by Crippen LogP contribution is -2.53. The van der Waals surface area contributed by atoms with Crippen molar-refractivity contribution in [1.82, 2.24) is 15.1 Å². The summed E-state index contributed by atoms with van der Waals surface area (Å²) in [5.41, 5.74) is 2.38. The summed E-state index contributed by atoms with van der Waals surface area (Å²) in [6, 6.07) is 6.47. The Morgan fingerprint density at radius 2 is 1.76 bits per heavy atom. The van der Waals surface area contributed by atoms with E-state index in [1.54, 1.807) is 30.3 Å². The van der Waals surface area contributed by atoms with Gasteiger partial charge in [-0.15, -0.1) is 0 Å². The molecule has 0 bridgehead atoms. The molecule has 10 radical (unpaired) electrons. The van der Waals surface area contributed by atoms with E-state index < -0.39 is 23.3 Å². The molecule has 8 nitrogen and oxygen atoms in total. The molecule has 3 aliphatic heterocycles. The number of nitrogens with zero attached hydrogens (tertiary/aromatic N) is 2. The molecule has 2 unspecified atom stereocenters. The van der Waals surface area contributed by atoms with Crippen molar-refractivity contribution in [3.63, 3.8) is 0 Å². The monoisotopic (exact) mass is 499 g/mol. The van der Waals surface area contributed by atoms with Crippen LogP contribution in [-0.2, 0) is 26.2 Å². The Bertz CT molecular complexity index is 1280. The summed E-state index contributed by atoms with van der Waals surface area (Å²) in [6.45, 7) is 2.29. The van der Waals surface area contributed by atoms with E-state index in [2.05, 4.69) is 5.32 Å². The first kappa shape index (κ1) is 26.7. The molecular weight excluding hydrogens is 476 g/mol. The van der Waals surface area contributed by atoms with Gasteiger partial charge in [-0.05, 0) is 35.0 Å². The van der Waals surface area contributed by atoms with Crippen molar-refractivity contribution in [3.05, 3.63) is 52.6 Å². The smallest absolute Gasteiger partial charge is 0.255 e. The summed E-state index contributed by atoms with van der Waals surface area (Å²) in [7, 11) is 32.0. The highest BCUT2D eigenvalue weighted by Gasteiger charge is 2.40. The predicted molar refractivity (Wildman–Crippen MR) is 144 cm³/mol. The minimum atomic E-state index is -1.31. The highest BCUT2D eigenvalue weighted by Crippen LogP contribution is 2.35. The third kappa shape index (κ3) is 4.82. The molecule has 0 aliphatic carbocycles. The first-order chi connectivity index (χ1) is 18.1. The van der Waals surface area contributed by atoms with Crippen LogP contribution >= 0.6 is 0 Å². The molecule has 13 heteroatoms. The summed E-state index contributed by atoms with van der Waals surface area (Å²) in [5.74, 6) is -0.795. The molecule has 3 aliphatic rings. The number of benzene rings is 2. The van der Waals surface area contributed by atoms with Gasteiger partial charge in [-0.25, -0.2) is 0 Å². The number of hydrogen-bond acceptors (Lipinski definition) is 6. The van der Waals surface area contributed by atoms with Crippen molar-refractivity contribution in [1.29, 1.82) is 0 Å². The minimum Gasteiger partial charge on any atom is -0.496 e. The van der Waals surface area contributed by atoms with Crippen LogP contribution < -0.4 is 21.0 Å². The standard InChI is InChI=1S/C25H22B5N3O5/c26-16-10-13(25(29,30)32-6-8-37-9-7-32)11-17(27)21(16)22(28)38-19-3-1-2-14-15(19)12-33(24(14)36)18-4-5-20(34)31-23(18)35/h1-3,10-11,18,22H,4-9,12H2,(H,31,34,35). The maximum absolute atomic E-state index is 13.1. The van der Waals surface area contributed by atoms with Crippen LogP contribution in [0.2, 0.25) is 0 Å². The largest absolute Gasteiger partial charge is 0.496 e. The number of nitrogens with one attached hydrogen (secondary N) is 1. The van der Waals surface area contributed by atoms with Gasteiger partial charge in [0.2, 0.25) is 11.8 Å². The normalized spacial score (nSPS) is 21.2. The van der Waals surface area contributed by atoms with Crippen molar-refractivity contribution in [2.24, 2.45) is 0 Å². The lowest BCUT2D eigenvalue weighted by atomic mass is 9.55. The van der Waals surface area contributed by atoms with Gasteiger partial charge in [-0.2, -0.15) is 0 Å². The van der Waals surface area contributed by atoms with Crippen LogP contribution in [0.5, 0.6) is 5.75 Å². The number of carbonyl (C=O) groups excluding carboxylic acids is 3. The van der Waals surface area contributed by atoms with Crippen LogP contribution in [0, 0.1) is 0 Å². The number of fused-ring (bicyclic) bond motifs is 1. The highest BCUT2D eigenvalue weighted by atomic mass is 16.5. The number of piperidine rings is 1. The number of morpholine rings is 1. The lowest BCUT2D eigenvalue weighted by molar-refractivity contribution is -0.136. The van der Waals surface area contributed by atoms with Gasteiger partial charge in [-0.3, -0.25) is 19.7 Å². The molecule has 3 amide bonds. The van der Waals surface area contributed by atoms with Crippen molar-refractivity contribution in [3.8, 4) is 5.75 Å². The summed E-state index contributed by atoms with van der Waals surface area (Å²) in [4.78, 5) is 40.4. The van der Waals surface area contributed by atoms with Crippen LogP contribution in [-0.4, -0.2) is 99.1 Å². The predicted octanol–water partition coefficient (Wildman–Crippen LogP) is -1.94. The average Bonchev–Trinajstić information content (AvgIpc) is 3.21. The van der Waals surface area contributed by atoms with Crippen molar-refractivity contribution < 1.29 is 23.9 Å². The third-order valence-corrected chi connectivity index (χ3v) is 7.32. The molecular formula is C25H22B5N3O5. The Morgan fingerprint density at radius 3 is 2.42 bits per heavy atom. The highest BCUT2D eigenvalue weighted by molar-refractivity contribution is 6.43. The number of carbonyl (C=O) groups is 3. The third-order valence-electron chi connectivity index (χ3n) is 7.32. The second kappa shape index (κ2) is 10.3. The van der Waals surface area contributed by atoms with Crippen LogP contribution in [0.4, 0.5) is 0 Å². The summed E-state index contributed by atoms with van der Waals surface area (Å²) >= 11 is 0. The summed E-state index contributed by atoms with van der Waals surface area (Å²) < 4.78 is 11.5. The Hall–Kier alpha value is -2.91. The van der Waals surface area contributed by atoms with Crippen LogP contribution in [0.1, 0.15) is 45.9 Å². The topological polar surface area (TPSA) is 88.2 Å². The van der Waals surface area contributed by atoms with Crippen LogP contribution in [0.3, 0.4) is 0 Å². The van der Waals surface area contributed by atoms with Gasteiger partial charge in [0.25, 0.3) is 5.91 Å². The van der Waals surface area contributed by atoms with E-state index in [-0.39, 0.29) is 42.1 Å². The van der Waals surface area contributed by atoms with E-state index in [9.17, 15) is 14.4 Å². The molecule has 1 N–H and O–H groups in total. The molecule has 2 aromatic rings. The zero-order valence-electron chi connectivity index (χ0n) is 20.8. The molecule has 5 rings (SSSR count). The number of imide groups is 1. The fraction of sp³-hybridized carbons (Fsp3) is 0.400. The molecule has 2 aromatic carbocycles. The van der Waals surface area contributed by atoms with E-state index in [1.807, 2.05) is 4.90 Å². The molecule has 2 saturated heterocycles. The van der Waals surface area contributed by atoms with E-state index >= 15 is 0 Å². The molecule has 2 atom stereocenters. The molecule has 2 fully saturated rings. The Balaban J connectivity index is 1.37. The van der Waals surface area contributed by atoms with Crippen LogP contribution in [0.25, 0.3) is 0 Å². The Morgan fingerprint density at radius 1 is 1.08 bits per heavy atom. The number of rotatable bonds is 6. The van der Waals surface area contributed by atoms with Gasteiger partial charge in [-0.1, -0.05) is 29.1 Å². The minimum absolute atomic E-state index is 0.135. The van der Waals surface area contributed by atoms with E-state index in [0.29, 0.717) is 54.3 Å². The quantitative estimate of drug-likeness (QED) is 0.369. The van der Waals surface area contributed by atoms with Gasteiger partial charge in [0.15, 0.2) is 0 Å². The zero-order chi connectivity index (χ0) is 27.2. The number of hydrogen-bond donors (Lipinski definition) is 1. The fourth-order valence-corrected chi connectivity index (χ4v) is 5.24. The second-order valence-corrected chi connectivity index (χ2v) is 9.71. The molecule has 0 saturated carbocycles. The fourth-order valence-electron chi connectivity index (χ4n) is 5.24. The lowest BCUT2D eigenvalue weighted by Gasteiger charge is -2.43. The van der Waals surface area contributed by atoms with E-state index in [4.69, 9.17) is 48.7 Å². The maximum atomic E-state index is 13.1. The second-order valence-electron chi connectivity index (χ2n) is 9.71. The van der Waals surface area contributed by atoms with Crippen molar-refractivity contribution in [2.45, 2.75) is 36.8 Å². The van der Waals surface area contributed by atoms with E-state index in [1.165, 1.54) is 4.90 Å². The Labute approximate surface area is 228 Å². The Kier molecular flexibility index (Phi) is 7.26. The van der Waals surface area contributed by atoms with Crippen molar-refractivity contribution >= 4 is 67.9 Å². The molecule has 0 spiro atoms. The van der Waals surface area contributed by atoms with Crippen molar-refractivity contribution in [2.75, 3.05) is 26.3 Å². The summed E-state index contributed by atoms with van der Waals surface area (Å²) in [6.07, 6.45) is 0.422. The van der Waals surface area contributed by atoms with Gasteiger partial charge in [0.1, 0.15) is 35.3 Å². The first-order valence-corrected chi connectivity index (χ1v) is 12.4. The summed E-state index contributed by atoms with van der Waals surface area (Å²) in [5, 5.41) is 0.983. The number of amides is 3. The molecule has 0 aromatic heterocycles. The zero-order valence-corrected chi connectivity index (χ0v) is 20.8. The van der Waals surface area contributed by atoms with Gasteiger partial charge in [0, 0.05) is 30.6 Å². The van der Waals surface area contributed by atoms with E-state index in [0.717, 1.165) is 0 Å². The SMILES string of the molecule is [B]c1cc(C([B])([B])N2CCOCC2)cc([B])c1C([B])Oc1cccc2c1CN(C1CCC(=O)NC1=O)C2=O. The maximum Gasteiger partial charge on any atom is 0.255 e. The molecule has 3 heterocycles. The van der Waals surface area contributed by atoms with Crippen LogP contribution in [0.15, 0.2) is 30.3 Å². The van der Waals surface area contributed by atoms with Gasteiger partial charge >= 0.3 is 0 Å². The molecule has 38 heavy (non-hydrogen) atoms. The first-order valence-electron chi connectivity index (χ1n) is 12.4. The molecule has 182 valence electrons.